The Kier molecular flexibility index (Phi) is 6.59. The Morgan fingerprint density at radius 1 is 0.806 bits per heavy atom. The van der Waals surface area contributed by atoms with E-state index >= 15 is 0 Å². The van der Waals surface area contributed by atoms with E-state index in [4.69, 9.17) is 4.74 Å². The molecule has 0 aliphatic carbocycles. The van der Waals surface area contributed by atoms with E-state index in [1.54, 1.807) is 36.4 Å². The van der Waals surface area contributed by atoms with E-state index in [0.717, 1.165) is 24.3 Å². The number of hydrogen-bond donors (Lipinski definition) is 2. The van der Waals surface area contributed by atoms with Crippen molar-refractivity contribution in [2.75, 3.05) is 36.5 Å². The van der Waals surface area contributed by atoms with Crippen molar-refractivity contribution in [3.8, 4) is 0 Å². The lowest BCUT2D eigenvalue weighted by atomic mass is 10.1. The molecule has 0 aromatic heterocycles. The molecule has 0 saturated carbocycles. The number of amides is 2. The van der Waals surface area contributed by atoms with Crippen LogP contribution in [-0.2, 0) is 11.3 Å². The Labute approximate surface area is 181 Å². The van der Waals surface area contributed by atoms with Gasteiger partial charge in [0.15, 0.2) is 0 Å². The molecule has 6 nitrogen and oxygen atoms in total. The number of rotatable bonds is 6. The highest BCUT2D eigenvalue weighted by Gasteiger charge is 2.15. The lowest BCUT2D eigenvalue weighted by molar-refractivity contribution is 0.0951. The summed E-state index contributed by atoms with van der Waals surface area (Å²) < 4.78 is 5.38. The van der Waals surface area contributed by atoms with Gasteiger partial charge in [-0.25, -0.2) is 0 Å². The first kappa shape index (κ1) is 20.6. The topological polar surface area (TPSA) is 70.7 Å². The van der Waals surface area contributed by atoms with Gasteiger partial charge in [0.2, 0.25) is 0 Å². The lowest BCUT2D eigenvalue weighted by Crippen LogP contribution is -2.36. The van der Waals surface area contributed by atoms with Gasteiger partial charge in [0.05, 0.1) is 24.5 Å². The zero-order chi connectivity index (χ0) is 21.5. The van der Waals surface area contributed by atoms with E-state index in [2.05, 4.69) is 15.5 Å². The Morgan fingerprint density at radius 2 is 1.48 bits per heavy atom. The Hall–Kier alpha value is -3.64. The molecule has 2 N–H and O–H groups in total. The van der Waals surface area contributed by atoms with E-state index in [-0.39, 0.29) is 11.8 Å². The van der Waals surface area contributed by atoms with E-state index in [1.165, 1.54) is 0 Å². The second kappa shape index (κ2) is 9.91. The monoisotopic (exact) mass is 415 g/mol. The van der Waals surface area contributed by atoms with Crippen LogP contribution in [0.5, 0.6) is 0 Å². The largest absolute Gasteiger partial charge is 0.378 e. The number of benzene rings is 3. The maximum atomic E-state index is 12.8. The third kappa shape index (κ3) is 5.29. The van der Waals surface area contributed by atoms with Gasteiger partial charge in [0, 0.05) is 30.9 Å². The highest BCUT2D eigenvalue weighted by Crippen LogP contribution is 2.19. The summed E-state index contributed by atoms with van der Waals surface area (Å²) >= 11 is 0. The maximum absolute atomic E-state index is 12.8. The first-order valence-electron chi connectivity index (χ1n) is 10.4. The number of carbonyl (C=O) groups excluding carboxylic acids is 2. The summed E-state index contributed by atoms with van der Waals surface area (Å²) in [7, 11) is 0. The molecule has 3 aromatic rings. The van der Waals surface area contributed by atoms with E-state index in [1.807, 2.05) is 42.5 Å². The summed E-state index contributed by atoms with van der Waals surface area (Å²) in [6, 6.07) is 24.2. The minimum atomic E-state index is -0.253. The fourth-order valence-corrected chi connectivity index (χ4v) is 3.50. The molecule has 0 atom stereocenters. The predicted molar refractivity (Wildman–Crippen MR) is 121 cm³/mol. The SMILES string of the molecule is O=C(Nc1ccccc1C(=O)NCc1ccccc1)c1ccc(N2CCOCC2)cc1. The Morgan fingerprint density at radius 3 is 2.23 bits per heavy atom. The minimum absolute atomic E-state index is 0.234. The fraction of sp³-hybridized carbons (Fsp3) is 0.200. The zero-order valence-electron chi connectivity index (χ0n) is 17.2. The molecule has 3 aromatic carbocycles. The molecule has 1 fully saturated rings. The number of nitrogens with one attached hydrogen (secondary N) is 2. The van der Waals surface area contributed by atoms with Crippen LogP contribution in [0.3, 0.4) is 0 Å². The van der Waals surface area contributed by atoms with Crippen molar-refractivity contribution in [2.24, 2.45) is 0 Å². The van der Waals surface area contributed by atoms with E-state index in [9.17, 15) is 9.59 Å². The summed E-state index contributed by atoms with van der Waals surface area (Å²) in [5.74, 6) is -0.487. The predicted octanol–water partition coefficient (Wildman–Crippen LogP) is 3.71. The molecule has 0 unspecified atom stereocenters. The quantitative estimate of drug-likeness (QED) is 0.644. The van der Waals surface area contributed by atoms with E-state index in [0.29, 0.717) is 36.6 Å². The van der Waals surface area contributed by atoms with Crippen LogP contribution in [0.25, 0.3) is 0 Å². The molecule has 1 heterocycles. The Bertz CT molecular complexity index is 1030. The Balaban J connectivity index is 1.42. The van der Waals surface area contributed by atoms with Crippen molar-refractivity contribution >= 4 is 23.2 Å². The third-order valence-corrected chi connectivity index (χ3v) is 5.22. The first-order valence-corrected chi connectivity index (χ1v) is 10.4. The number of hydrogen-bond acceptors (Lipinski definition) is 4. The fourth-order valence-electron chi connectivity index (χ4n) is 3.50. The number of para-hydroxylation sites is 1. The van der Waals surface area contributed by atoms with Gasteiger partial charge in [-0.1, -0.05) is 42.5 Å². The van der Waals surface area contributed by atoms with Crippen LogP contribution in [0.1, 0.15) is 26.3 Å². The number of morpholine rings is 1. The smallest absolute Gasteiger partial charge is 0.255 e. The van der Waals surface area contributed by atoms with Crippen molar-refractivity contribution in [2.45, 2.75) is 6.54 Å². The molecular formula is C25H25N3O3. The van der Waals surface area contributed by atoms with Gasteiger partial charge < -0.3 is 20.3 Å². The molecule has 1 saturated heterocycles. The lowest BCUT2D eigenvalue weighted by Gasteiger charge is -2.28. The second-order valence-corrected chi connectivity index (χ2v) is 7.31. The van der Waals surface area contributed by atoms with Crippen LogP contribution < -0.4 is 15.5 Å². The molecule has 0 radical (unpaired) electrons. The molecule has 1 aliphatic rings. The van der Waals surface area contributed by atoms with E-state index < -0.39 is 0 Å². The van der Waals surface area contributed by atoms with Gasteiger partial charge in [0.25, 0.3) is 11.8 Å². The van der Waals surface area contributed by atoms with Gasteiger partial charge in [-0.15, -0.1) is 0 Å². The molecule has 1 aliphatic heterocycles. The first-order chi connectivity index (χ1) is 15.2. The number of nitrogens with zero attached hydrogens (tertiary/aromatic N) is 1. The van der Waals surface area contributed by atoms with Crippen molar-refractivity contribution < 1.29 is 14.3 Å². The minimum Gasteiger partial charge on any atom is -0.378 e. The molecule has 4 rings (SSSR count). The zero-order valence-corrected chi connectivity index (χ0v) is 17.2. The summed E-state index contributed by atoms with van der Waals surface area (Å²) in [6.07, 6.45) is 0. The molecule has 158 valence electrons. The van der Waals surface area contributed by atoms with Crippen LogP contribution in [0.2, 0.25) is 0 Å². The van der Waals surface area contributed by atoms with Crippen LogP contribution in [0.4, 0.5) is 11.4 Å². The molecule has 0 spiro atoms. The van der Waals surface area contributed by atoms with Crippen molar-refractivity contribution in [1.82, 2.24) is 5.32 Å². The van der Waals surface area contributed by atoms with Crippen LogP contribution in [-0.4, -0.2) is 38.1 Å². The average Bonchev–Trinajstić information content (AvgIpc) is 2.84. The van der Waals surface area contributed by atoms with Crippen molar-refractivity contribution in [3.63, 3.8) is 0 Å². The average molecular weight is 415 g/mol. The normalized spacial score (nSPS) is 13.5. The van der Waals surface area contributed by atoms with Gasteiger partial charge >= 0.3 is 0 Å². The molecule has 6 heteroatoms. The van der Waals surface area contributed by atoms with Crippen LogP contribution >= 0.6 is 0 Å². The van der Waals surface area contributed by atoms with Gasteiger partial charge in [0.1, 0.15) is 0 Å². The number of anilines is 2. The summed E-state index contributed by atoms with van der Waals surface area (Å²) in [6.45, 7) is 3.54. The second-order valence-electron chi connectivity index (χ2n) is 7.31. The van der Waals surface area contributed by atoms with Gasteiger partial charge in [-0.3, -0.25) is 9.59 Å². The van der Waals surface area contributed by atoms with Crippen LogP contribution in [0.15, 0.2) is 78.9 Å². The molecular weight excluding hydrogens is 390 g/mol. The third-order valence-electron chi connectivity index (χ3n) is 5.22. The maximum Gasteiger partial charge on any atom is 0.255 e. The molecule has 2 amide bonds. The van der Waals surface area contributed by atoms with Crippen molar-refractivity contribution in [3.05, 3.63) is 95.6 Å². The standard InChI is InChI=1S/C25H25N3O3/c29-24(20-10-12-21(13-11-20)28-14-16-31-17-15-28)27-23-9-5-4-8-22(23)25(30)26-18-19-6-2-1-3-7-19/h1-13H,14-18H2,(H,26,30)(H,27,29). The molecule has 31 heavy (non-hydrogen) atoms. The highest BCUT2D eigenvalue weighted by atomic mass is 16.5. The van der Waals surface area contributed by atoms with Crippen molar-refractivity contribution in [1.29, 1.82) is 0 Å². The van der Waals surface area contributed by atoms with Crippen LogP contribution in [0, 0.1) is 0 Å². The highest BCUT2D eigenvalue weighted by molar-refractivity contribution is 6.09. The summed E-state index contributed by atoms with van der Waals surface area (Å²) in [5, 5.41) is 5.78. The van der Waals surface area contributed by atoms with Gasteiger partial charge in [-0.2, -0.15) is 0 Å². The number of ether oxygens (including phenoxy) is 1. The van der Waals surface area contributed by atoms with Gasteiger partial charge in [-0.05, 0) is 42.0 Å². The molecule has 0 bridgehead atoms. The number of carbonyl (C=O) groups is 2. The summed E-state index contributed by atoms with van der Waals surface area (Å²) in [4.78, 5) is 27.7. The summed E-state index contributed by atoms with van der Waals surface area (Å²) in [5.41, 5.74) is 3.53.